The predicted molar refractivity (Wildman–Crippen MR) is 65.4 cm³/mol. The van der Waals surface area contributed by atoms with Gasteiger partial charge in [-0.15, -0.1) is 0 Å². The van der Waals surface area contributed by atoms with Gasteiger partial charge in [0.25, 0.3) is 0 Å². The van der Waals surface area contributed by atoms with Gasteiger partial charge in [-0.25, -0.2) is 0 Å². The van der Waals surface area contributed by atoms with E-state index >= 15 is 0 Å². The Hall–Kier alpha value is -2.03. The number of nitrogens with two attached hydrogens (primary N) is 1. The average molecular weight is 214 g/mol. The highest BCUT2D eigenvalue weighted by Crippen LogP contribution is 2.29. The molecule has 1 heterocycles. The van der Waals surface area contributed by atoms with E-state index in [2.05, 4.69) is 11.9 Å². The van der Waals surface area contributed by atoms with Gasteiger partial charge in [0.2, 0.25) is 0 Å². The van der Waals surface area contributed by atoms with E-state index < -0.39 is 0 Å². The number of hydrogen-bond donors (Lipinski definition) is 1. The molecule has 3 nitrogen and oxygen atoms in total. The summed E-state index contributed by atoms with van der Waals surface area (Å²) in [6.45, 7) is 2.06. The van der Waals surface area contributed by atoms with Gasteiger partial charge in [-0.2, -0.15) is 0 Å². The lowest BCUT2D eigenvalue weighted by Crippen LogP contribution is -1.93. The molecule has 0 saturated heterocycles. The van der Waals surface area contributed by atoms with Crippen LogP contribution in [0.1, 0.15) is 5.56 Å². The van der Waals surface area contributed by atoms with Gasteiger partial charge in [-0.05, 0) is 36.2 Å². The molecule has 1 aromatic carbocycles. The second kappa shape index (κ2) is 4.23. The molecule has 2 aromatic rings. The lowest BCUT2D eigenvalue weighted by atomic mass is 10.0. The molecule has 0 aliphatic heterocycles. The largest absolute Gasteiger partial charge is 0.495 e. The second-order valence-corrected chi connectivity index (χ2v) is 3.65. The van der Waals surface area contributed by atoms with Crippen LogP contribution in [0, 0.1) is 6.92 Å². The lowest BCUT2D eigenvalue weighted by molar-refractivity contribution is 0.417. The fourth-order valence-electron chi connectivity index (χ4n) is 1.64. The SMILES string of the molecule is COc1cc(-c2cnccc2C)ccc1N. The smallest absolute Gasteiger partial charge is 0.142 e. The third kappa shape index (κ3) is 1.84. The molecule has 0 aliphatic rings. The van der Waals surface area contributed by atoms with E-state index in [4.69, 9.17) is 10.5 Å². The first kappa shape index (κ1) is 10.5. The summed E-state index contributed by atoms with van der Waals surface area (Å²) in [7, 11) is 1.62. The van der Waals surface area contributed by atoms with Crippen molar-refractivity contribution in [1.29, 1.82) is 0 Å². The molecule has 0 amide bonds. The van der Waals surface area contributed by atoms with Gasteiger partial charge in [0.15, 0.2) is 0 Å². The van der Waals surface area contributed by atoms with Gasteiger partial charge in [0.05, 0.1) is 12.8 Å². The maximum absolute atomic E-state index is 5.78. The van der Waals surface area contributed by atoms with Crippen LogP contribution in [-0.4, -0.2) is 12.1 Å². The summed E-state index contributed by atoms with van der Waals surface area (Å²) in [5.41, 5.74) is 9.77. The molecule has 0 atom stereocenters. The Kier molecular flexibility index (Phi) is 2.77. The third-order valence-corrected chi connectivity index (χ3v) is 2.58. The van der Waals surface area contributed by atoms with E-state index in [0.29, 0.717) is 11.4 Å². The van der Waals surface area contributed by atoms with Crippen molar-refractivity contribution in [3.8, 4) is 16.9 Å². The normalized spacial score (nSPS) is 10.1. The molecule has 0 bridgehead atoms. The van der Waals surface area contributed by atoms with Crippen LogP contribution in [0.5, 0.6) is 5.75 Å². The van der Waals surface area contributed by atoms with Gasteiger partial charge in [-0.1, -0.05) is 6.07 Å². The molecular formula is C13H14N2O. The summed E-state index contributed by atoms with van der Waals surface area (Å²) >= 11 is 0. The van der Waals surface area contributed by atoms with E-state index in [-0.39, 0.29) is 0 Å². The Labute approximate surface area is 94.9 Å². The average Bonchev–Trinajstić information content (AvgIpc) is 2.31. The number of pyridine rings is 1. The first-order valence-electron chi connectivity index (χ1n) is 5.07. The molecule has 82 valence electrons. The number of aryl methyl sites for hydroxylation is 1. The summed E-state index contributed by atoms with van der Waals surface area (Å²) in [6, 6.07) is 7.74. The minimum Gasteiger partial charge on any atom is -0.495 e. The fourth-order valence-corrected chi connectivity index (χ4v) is 1.64. The highest BCUT2D eigenvalue weighted by atomic mass is 16.5. The van der Waals surface area contributed by atoms with Crippen molar-refractivity contribution in [2.45, 2.75) is 6.92 Å². The van der Waals surface area contributed by atoms with E-state index in [9.17, 15) is 0 Å². The molecule has 0 spiro atoms. The number of methoxy groups -OCH3 is 1. The molecule has 0 saturated carbocycles. The van der Waals surface area contributed by atoms with Crippen molar-refractivity contribution in [3.05, 3.63) is 42.2 Å². The number of rotatable bonds is 2. The number of aromatic nitrogens is 1. The molecule has 1 aromatic heterocycles. The van der Waals surface area contributed by atoms with Crippen molar-refractivity contribution in [2.75, 3.05) is 12.8 Å². The number of hydrogen-bond acceptors (Lipinski definition) is 3. The van der Waals surface area contributed by atoms with E-state index in [1.807, 2.05) is 30.5 Å². The monoisotopic (exact) mass is 214 g/mol. The lowest BCUT2D eigenvalue weighted by Gasteiger charge is -2.09. The zero-order valence-corrected chi connectivity index (χ0v) is 9.40. The Bertz CT molecular complexity index is 509. The number of ether oxygens (including phenoxy) is 1. The zero-order valence-electron chi connectivity index (χ0n) is 9.40. The van der Waals surface area contributed by atoms with E-state index in [1.54, 1.807) is 13.3 Å². The summed E-state index contributed by atoms with van der Waals surface area (Å²) in [6.07, 6.45) is 3.63. The Morgan fingerprint density at radius 3 is 2.75 bits per heavy atom. The van der Waals surface area contributed by atoms with Crippen molar-refractivity contribution in [2.24, 2.45) is 0 Å². The molecule has 0 aliphatic carbocycles. The zero-order chi connectivity index (χ0) is 11.5. The number of anilines is 1. The summed E-state index contributed by atoms with van der Waals surface area (Å²) in [5.74, 6) is 0.695. The van der Waals surface area contributed by atoms with Crippen molar-refractivity contribution >= 4 is 5.69 Å². The first-order chi connectivity index (χ1) is 7.72. The quantitative estimate of drug-likeness (QED) is 0.782. The van der Waals surface area contributed by atoms with Gasteiger partial charge in [0, 0.05) is 18.0 Å². The van der Waals surface area contributed by atoms with E-state index in [1.165, 1.54) is 5.56 Å². The molecule has 3 heteroatoms. The van der Waals surface area contributed by atoms with Crippen LogP contribution in [0.4, 0.5) is 5.69 Å². The van der Waals surface area contributed by atoms with Gasteiger partial charge in [-0.3, -0.25) is 4.98 Å². The maximum Gasteiger partial charge on any atom is 0.142 e. The van der Waals surface area contributed by atoms with Crippen LogP contribution in [0.15, 0.2) is 36.7 Å². The minimum absolute atomic E-state index is 0.646. The molecular weight excluding hydrogens is 200 g/mol. The highest BCUT2D eigenvalue weighted by Gasteiger charge is 2.05. The van der Waals surface area contributed by atoms with Crippen LogP contribution in [0.25, 0.3) is 11.1 Å². The topological polar surface area (TPSA) is 48.1 Å². The van der Waals surface area contributed by atoms with Gasteiger partial charge < -0.3 is 10.5 Å². The van der Waals surface area contributed by atoms with Crippen LogP contribution >= 0.6 is 0 Å². The Morgan fingerprint density at radius 2 is 2.06 bits per heavy atom. The van der Waals surface area contributed by atoms with Crippen LogP contribution in [0.2, 0.25) is 0 Å². The summed E-state index contributed by atoms with van der Waals surface area (Å²) in [5, 5.41) is 0. The highest BCUT2D eigenvalue weighted by molar-refractivity contribution is 5.71. The molecule has 16 heavy (non-hydrogen) atoms. The Balaban J connectivity index is 2.53. The Morgan fingerprint density at radius 1 is 1.25 bits per heavy atom. The number of nitrogens with zero attached hydrogens (tertiary/aromatic N) is 1. The van der Waals surface area contributed by atoms with Crippen molar-refractivity contribution in [1.82, 2.24) is 4.98 Å². The molecule has 0 fully saturated rings. The molecule has 0 radical (unpaired) electrons. The first-order valence-corrected chi connectivity index (χ1v) is 5.07. The molecule has 2 N–H and O–H groups in total. The van der Waals surface area contributed by atoms with Crippen LogP contribution < -0.4 is 10.5 Å². The fraction of sp³-hybridized carbons (Fsp3) is 0.154. The summed E-state index contributed by atoms with van der Waals surface area (Å²) in [4.78, 5) is 4.13. The van der Waals surface area contributed by atoms with Crippen LogP contribution in [0.3, 0.4) is 0 Å². The van der Waals surface area contributed by atoms with Crippen LogP contribution in [-0.2, 0) is 0 Å². The van der Waals surface area contributed by atoms with Gasteiger partial charge >= 0.3 is 0 Å². The van der Waals surface area contributed by atoms with E-state index in [0.717, 1.165) is 11.1 Å². The standard InChI is InChI=1S/C13H14N2O/c1-9-5-6-15-8-11(9)10-3-4-12(14)13(7-10)16-2/h3-8H,14H2,1-2H3. The molecule has 2 rings (SSSR count). The second-order valence-electron chi connectivity index (χ2n) is 3.65. The van der Waals surface area contributed by atoms with Crippen molar-refractivity contribution in [3.63, 3.8) is 0 Å². The minimum atomic E-state index is 0.646. The molecule has 0 unspecified atom stereocenters. The third-order valence-electron chi connectivity index (χ3n) is 2.58. The maximum atomic E-state index is 5.78. The summed E-state index contributed by atoms with van der Waals surface area (Å²) < 4.78 is 5.20. The number of nitrogen functional groups attached to an aromatic ring is 1. The predicted octanol–water partition coefficient (Wildman–Crippen LogP) is 2.65. The van der Waals surface area contributed by atoms with Gasteiger partial charge in [0.1, 0.15) is 5.75 Å². The van der Waals surface area contributed by atoms with Crippen molar-refractivity contribution < 1.29 is 4.74 Å². The number of benzene rings is 1.